The second kappa shape index (κ2) is 76.4. The minimum atomic E-state index is -4.36. The number of phosphoric acid groups is 1. The third kappa shape index (κ3) is 78.6. The van der Waals surface area contributed by atoms with Gasteiger partial charge in [0.05, 0.1) is 39.9 Å². The van der Waals surface area contributed by atoms with Crippen molar-refractivity contribution in [2.75, 3.05) is 40.9 Å². The number of carbonyl (C=O) groups is 1. The number of carbonyl (C=O) groups excluding carboxylic acids is 1. The van der Waals surface area contributed by atoms with Gasteiger partial charge in [-0.15, -0.1) is 0 Å². The Balaban J connectivity index is 3.87. The van der Waals surface area contributed by atoms with Crippen LogP contribution in [-0.4, -0.2) is 73.4 Å². The van der Waals surface area contributed by atoms with Gasteiger partial charge in [0.25, 0.3) is 0 Å². The van der Waals surface area contributed by atoms with Crippen LogP contribution >= 0.6 is 7.82 Å². The van der Waals surface area contributed by atoms with Crippen LogP contribution in [0.25, 0.3) is 0 Å². The first-order chi connectivity index (χ1) is 46.0. The first-order valence-corrected chi connectivity index (χ1v) is 44.6. The fourth-order valence-electron chi connectivity index (χ4n) is 13.9. The van der Waals surface area contributed by atoms with E-state index in [0.29, 0.717) is 17.4 Å². The number of allylic oxidation sites excluding steroid dienone is 1. The topological polar surface area (TPSA) is 105 Å². The second-order valence-electron chi connectivity index (χ2n) is 31.3. The van der Waals surface area contributed by atoms with E-state index in [1.165, 1.54) is 424 Å². The van der Waals surface area contributed by atoms with Gasteiger partial charge in [-0.2, -0.15) is 0 Å². The Labute approximate surface area is 590 Å². The van der Waals surface area contributed by atoms with E-state index in [2.05, 4.69) is 19.2 Å². The molecule has 8 nitrogen and oxygen atoms in total. The van der Waals surface area contributed by atoms with Crippen molar-refractivity contribution in [1.29, 1.82) is 0 Å². The number of amides is 1. The van der Waals surface area contributed by atoms with Gasteiger partial charge in [0.1, 0.15) is 13.2 Å². The fourth-order valence-corrected chi connectivity index (χ4v) is 14.6. The van der Waals surface area contributed by atoms with E-state index in [1.54, 1.807) is 6.08 Å². The standard InChI is InChI=1S/C85H171N2O6P/c1-6-8-10-12-14-16-18-20-22-24-26-28-30-32-34-36-38-40-41-42-43-44-45-46-47-49-51-53-55-57-59-61-63-65-67-69-71-73-75-77-79-85(89)86-83(82-93-94(90,91)92-81-80-87(3,4)5)84(88)78-76-74-72-70-68-66-64-62-60-58-56-54-52-50-48-39-37-35-33-31-29-27-25-23-21-19-17-15-13-11-9-7-2/h76,78,83-84,88H,6-75,77,79-82H2,1-5H3,(H-,86,89,90,91)/p+1/b78-76+. The van der Waals surface area contributed by atoms with Gasteiger partial charge < -0.3 is 19.8 Å². The number of nitrogens with zero attached hydrogens (tertiary/aromatic N) is 1. The van der Waals surface area contributed by atoms with Gasteiger partial charge in [-0.1, -0.05) is 463 Å². The number of hydrogen-bond acceptors (Lipinski definition) is 5. The summed E-state index contributed by atoms with van der Waals surface area (Å²) in [5.41, 5.74) is 0. The summed E-state index contributed by atoms with van der Waals surface area (Å²) < 4.78 is 23.9. The number of likely N-dealkylation sites (N-methyl/N-ethyl adjacent to an activating group) is 1. The predicted octanol–water partition coefficient (Wildman–Crippen LogP) is 28.4. The van der Waals surface area contributed by atoms with Crippen LogP contribution in [0.1, 0.15) is 476 Å². The molecule has 0 aliphatic heterocycles. The lowest BCUT2D eigenvalue weighted by Gasteiger charge is -2.25. The zero-order chi connectivity index (χ0) is 68.3. The molecule has 0 aromatic rings. The molecule has 0 radical (unpaired) electrons. The molecular weight excluding hydrogens is 1180 g/mol. The zero-order valence-corrected chi connectivity index (χ0v) is 65.7. The van der Waals surface area contributed by atoms with Gasteiger partial charge in [0, 0.05) is 6.42 Å². The van der Waals surface area contributed by atoms with Gasteiger partial charge in [-0.3, -0.25) is 13.8 Å². The molecule has 9 heteroatoms. The van der Waals surface area contributed by atoms with Crippen molar-refractivity contribution in [2.45, 2.75) is 488 Å². The molecule has 0 saturated heterocycles. The van der Waals surface area contributed by atoms with Crippen LogP contribution in [0.15, 0.2) is 12.2 Å². The summed E-state index contributed by atoms with van der Waals surface area (Å²) >= 11 is 0. The average molecular weight is 1350 g/mol. The highest BCUT2D eigenvalue weighted by atomic mass is 31.2. The summed E-state index contributed by atoms with van der Waals surface area (Å²) in [6, 6.07) is -0.845. The molecule has 0 aromatic heterocycles. The highest BCUT2D eigenvalue weighted by Gasteiger charge is 2.28. The smallest absolute Gasteiger partial charge is 0.387 e. The number of aliphatic hydroxyl groups excluding tert-OH is 1. The quantitative estimate of drug-likeness (QED) is 0.0243. The molecule has 0 saturated carbocycles. The summed E-state index contributed by atoms with van der Waals surface area (Å²) in [6.45, 7) is 4.91. The molecule has 94 heavy (non-hydrogen) atoms. The van der Waals surface area contributed by atoms with Gasteiger partial charge >= 0.3 is 7.82 Å². The van der Waals surface area contributed by atoms with E-state index in [9.17, 15) is 19.4 Å². The number of aliphatic hydroxyl groups is 1. The molecule has 0 fully saturated rings. The molecule has 1 amide bonds. The van der Waals surface area contributed by atoms with Gasteiger partial charge in [0.2, 0.25) is 5.91 Å². The number of rotatable bonds is 82. The Hall–Kier alpha value is -0.760. The van der Waals surface area contributed by atoms with Crippen LogP contribution in [0.2, 0.25) is 0 Å². The molecule has 562 valence electrons. The Bertz CT molecular complexity index is 1540. The molecule has 0 spiro atoms. The summed E-state index contributed by atoms with van der Waals surface area (Å²) in [5, 5.41) is 14.1. The Kier molecular flexibility index (Phi) is 75.8. The van der Waals surface area contributed by atoms with Crippen molar-refractivity contribution >= 4 is 13.7 Å². The van der Waals surface area contributed by atoms with Crippen LogP contribution < -0.4 is 5.32 Å². The van der Waals surface area contributed by atoms with E-state index < -0.39 is 20.0 Å². The third-order valence-electron chi connectivity index (χ3n) is 20.5. The molecule has 3 N–H and O–H groups in total. The maximum Gasteiger partial charge on any atom is 0.472 e. The maximum absolute atomic E-state index is 13.1. The minimum Gasteiger partial charge on any atom is -0.387 e. The molecule has 0 aliphatic carbocycles. The second-order valence-corrected chi connectivity index (χ2v) is 32.7. The zero-order valence-electron chi connectivity index (χ0n) is 64.8. The number of quaternary nitrogens is 1. The molecule has 3 unspecified atom stereocenters. The van der Waals surface area contributed by atoms with Crippen molar-refractivity contribution < 1.29 is 32.9 Å². The predicted molar refractivity (Wildman–Crippen MR) is 415 cm³/mol. The van der Waals surface area contributed by atoms with Crippen LogP contribution in [0, 0.1) is 0 Å². The van der Waals surface area contributed by atoms with Crippen molar-refractivity contribution in [1.82, 2.24) is 5.32 Å². The Morgan fingerprint density at radius 2 is 0.564 bits per heavy atom. The van der Waals surface area contributed by atoms with Crippen LogP contribution in [0.4, 0.5) is 0 Å². The van der Waals surface area contributed by atoms with E-state index >= 15 is 0 Å². The Morgan fingerprint density at radius 3 is 0.787 bits per heavy atom. The SMILES string of the molecule is CCCCCCCCCCCCCCCCCCCCCCCCCCCCCCCC/C=C/C(O)C(COP(=O)(O)OCC[N+](C)(C)C)NC(=O)CCCCCCCCCCCCCCCCCCCCCCCCCCCCCCCCCCCCCCCCCC. The molecular formula is C85H172N2O6P+. The molecule has 0 rings (SSSR count). The largest absolute Gasteiger partial charge is 0.472 e. The first kappa shape index (κ1) is 93.2. The molecule has 0 heterocycles. The molecule has 0 aliphatic rings. The number of unbranched alkanes of at least 4 members (excludes halogenated alkanes) is 69. The minimum absolute atomic E-state index is 0.0657. The van der Waals surface area contributed by atoms with E-state index in [-0.39, 0.29) is 19.1 Å². The summed E-state index contributed by atoms with van der Waals surface area (Å²) in [7, 11) is 1.60. The van der Waals surface area contributed by atoms with E-state index in [1.807, 2.05) is 27.2 Å². The van der Waals surface area contributed by atoms with Crippen molar-refractivity contribution in [3.63, 3.8) is 0 Å². The normalized spacial score (nSPS) is 13.4. The third-order valence-corrected chi connectivity index (χ3v) is 21.5. The Morgan fingerprint density at radius 1 is 0.351 bits per heavy atom. The van der Waals surface area contributed by atoms with Gasteiger partial charge in [-0.25, -0.2) is 4.57 Å². The highest BCUT2D eigenvalue weighted by molar-refractivity contribution is 7.47. The number of hydrogen-bond donors (Lipinski definition) is 3. The lowest BCUT2D eigenvalue weighted by atomic mass is 10.0. The van der Waals surface area contributed by atoms with Gasteiger partial charge in [0.15, 0.2) is 0 Å². The summed E-state index contributed by atoms with van der Waals surface area (Å²) in [5.74, 6) is -0.164. The van der Waals surface area contributed by atoms with E-state index in [0.717, 1.165) is 32.1 Å². The van der Waals surface area contributed by atoms with Crippen LogP contribution in [0.5, 0.6) is 0 Å². The van der Waals surface area contributed by atoms with Crippen molar-refractivity contribution in [3.05, 3.63) is 12.2 Å². The van der Waals surface area contributed by atoms with Crippen molar-refractivity contribution in [3.8, 4) is 0 Å². The maximum atomic E-state index is 13.1. The lowest BCUT2D eigenvalue weighted by molar-refractivity contribution is -0.870. The number of nitrogens with one attached hydrogen (secondary N) is 1. The molecule has 0 aromatic carbocycles. The monoisotopic (exact) mass is 1350 g/mol. The summed E-state index contributed by atoms with van der Waals surface area (Å²) in [4.78, 5) is 23.5. The highest BCUT2D eigenvalue weighted by Crippen LogP contribution is 2.43. The fraction of sp³-hybridized carbons (Fsp3) is 0.965. The van der Waals surface area contributed by atoms with Gasteiger partial charge in [-0.05, 0) is 19.3 Å². The van der Waals surface area contributed by atoms with Crippen LogP contribution in [0.3, 0.4) is 0 Å². The summed E-state index contributed by atoms with van der Waals surface area (Å²) in [6.07, 6.45) is 102. The van der Waals surface area contributed by atoms with Crippen molar-refractivity contribution in [2.24, 2.45) is 0 Å². The van der Waals surface area contributed by atoms with Crippen LogP contribution in [-0.2, 0) is 18.4 Å². The molecule has 0 bridgehead atoms. The molecule has 3 atom stereocenters. The lowest BCUT2D eigenvalue weighted by Crippen LogP contribution is -2.45. The van der Waals surface area contributed by atoms with E-state index in [4.69, 9.17) is 9.05 Å². The average Bonchev–Trinajstić information content (AvgIpc) is 1.27. The number of phosphoric ester groups is 1. The first-order valence-electron chi connectivity index (χ1n) is 43.1.